The van der Waals surface area contributed by atoms with Crippen LogP contribution in [0.3, 0.4) is 0 Å². The number of rotatable bonds is 12. The smallest absolute Gasteiger partial charge is 0.264 e. The first-order chi connectivity index (χ1) is 19.4. The maximum Gasteiger partial charge on any atom is 0.264 e. The molecule has 0 radical (unpaired) electrons. The second-order valence-electron chi connectivity index (χ2n) is 10.5. The van der Waals surface area contributed by atoms with Crippen LogP contribution in [0.15, 0.2) is 83.8 Å². The fraction of sp³-hybridized carbons (Fsp3) is 0.355. The molecule has 0 saturated heterocycles. The van der Waals surface area contributed by atoms with Crippen LogP contribution < -0.4 is 19.1 Å². The molecule has 0 saturated carbocycles. The van der Waals surface area contributed by atoms with E-state index >= 15 is 0 Å². The van der Waals surface area contributed by atoms with Crippen molar-refractivity contribution in [3.8, 4) is 11.5 Å². The van der Waals surface area contributed by atoms with Crippen LogP contribution in [0.4, 0.5) is 5.69 Å². The van der Waals surface area contributed by atoms with Crippen LogP contribution in [0.25, 0.3) is 0 Å². The first kappa shape index (κ1) is 31.5. The third-order valence-electron chi connectivity index (χ3n) is 6.34. The monoisotopic (exact) mass is 581 g/mol. The van der Waals surface area contributed by atoms with Crippen molar-refractivity contribution in [3.63, 3.8) is 0 Å². The first-order valence-electron chi connectivity index (χ1n) is 13.4. The zero-order chi connectivity index (χ0) is 30.2. The Morgan fingerprint density at radius 2 is 1.56 bits per heavy atom. The predicted octanol–water partition coefficient (Wildman–Crippen LogP) is 4.62. The summed E-state index contributed by atoms with van der Waals surface area (Å²) in [7, 11) is -1.21. The van der Waals surface area contributed by atoms with E-state index in [9.17, 15) is 18.0 Å². The summed E-state index contributed by atoms with van der Waals surface area (Å²) < 4.78 is 39.8. The van der Waals surface area contributed by atoms with Crippen molar-refractivity contribution in [1.29, 1.82) is 0 Å². The molecule has 0 aromatic heterocycles. The summed E-state index contributed by atoms with van der Waals surface area (Å²) in [6.45, 7) is 6.92. The van der Waals surface area contributed by atoms with Gasteiger partial charge >= 0.3 is 0 Å². The Bertz CT molecular complexity index is 1440. The standard InChI is InChI=1S/C31H39N3O6S/c1-7-26(30(36)32-31(2,3)4)33(21-23-14-13-15-24(20-23)39-5)29(35)22-34(27-18-11-12-19-28(27)40-6)41(37,38)25-16-9-8-10-17-25/h8-20,26H,7,21-22H2,1-6H3,(H,32,36)/t26-/m1/s1. The highest BCUT2D eigenvalue weighted by Crippen LogP contribution is 2.32. The van der Waals surface area contributed by atoms with Gasteiger partial charge in [-0.1, -0.05) is 49.4 Å². The summed E-state index contributed by atoms with van der Waals surface area (Å²) in [6.07, 6.45) is 0.317. The summed E-state index contributed by atoms with van der Waals surface area (Å²) in [5.41, 5.74) is 0.408. The van der Waals surface area contributed by atoms with Crippen molar-refractivity contribution in [2.24, 2.45) is 0 Å². The number of benzene rings is 3. The van der Waals surface area contributed by atoms with Gasteiger partial charge in [-0.3, -0.25) is 13.9 Å². The van der Waals surface area contributed by atoms with Gasteiger partial charge in [-0.15, -0.1) is 0 Å². The summed E-state index contributed by atoms with van der Waals surface area (Å²) in [5.74, 6) is 0.0150. The molecule has 220 valence electrons. The van der Waals surface area contributed by atoms with Crippen molar-refractivity contribution < 1.29 is 27.5 Å². The van der Waals surface area contributed by atoms with Crippen molar-refractivity contribution in [2.45, 2.75) is 57.1 Å². The number of ether oxygens (including phenoxy) is 2. The van der Waals surface area contributed by atoms with Crippen molar-refractivity contribution >= 4 is 27.5 Å². The SMILES string of the molecule is CC[C@H](C(=O)NC(C)(C)C)N(Cc1cccc(OC)c1)C(=O)CN(c1ccccc1OC)S(=O)(=O)c1ccccc1. The number of carbonyl (C=O) groups excluding carboxylic acids is 2. The van der Waals surface area contributed by atoms with E-state index in [1.165, 1.54) is 24.1 Å². The number of sulfonamides is 1. The van der Waals surface area contributed by atoms with E-state index in [4.69, 9.17) is 9.47 Å². The maximum absolute atomic E-state index is 14.2. The molecular formula is C31H39N3O6S. The van der Waals surface area contributed by atoms with Gasteiger partial charge in [0.05, 0.1) is 24.8 Å². The molecule has 0 spiro atoms. The molecule has 1 N–H and O–H groups in total. The Kier molecular flexibility index (Phi) is 10.4. The number of amides is 2. The molecule has 0 aliphatic rings. The van der Waals surface area contributed by atoms with E-state index in [-0.39, 0.29) is 28.8 Å². The van der Waals surface area contributed by atoms with Gasteiger partial charge in [0.15, 0.2) is 0 Å². The van der Waals surface area contributed by atoms with Gasteiger partial charge in [0, 0.05) is 12.1 Å². The third kappa shape index (κ3) is 8.00. The van der Waals surface area contributed by atoms with Gasteiger partial charge in [-0.25, -0.2) is 8.42 Å². The normalized spacial score (nSPS) is 12.2. The molecule has 0 fully saturated rings. The lowest BCUT2D eigenvalue weighted by Gasteiger charge is -2.35. The highest BCUT2D eigenvalue weighted by atomic mass is 32.2. The van der Waals surface area contributed by atoms with Crippen LogP contribution in [-0.4, -0.2) is 57.5 Å². The van der Waals surface area contributed by atoms with Crippen LogP contribution in [0.1, 0.15) is 39.7 Å². The predicted molar refractivity (Wildman–Crippen MR) is 159 cm³/mol. The molecule has 3 aromatic rings. The minimum Gasteiger partial charge on any atom is -0.497 e. The Labute approximate surface area is 243 Å². The Morgan fingerprint density at radius 1 is 0.902 bits per heavy atom. The van der Waals surface area contributed by atoms with E-state index in [0.717, 1.165) is 9.87 Å². The third-order valence-corrected chi connectivity index (χ3v) is 8.11. The number of carbonyl (C=O) groups is 2. The van der Waals surface area contributed by atoms with Crippen molar-refractivity contribution in [3.05, 3.63) is 84.4 Å². The molecule has 3 rings (SSSR count). The van der Waals surface area contributed by atoms with E-state index in [0.29, 0.717) is 12.2 Å². The minimum absolute atomic E-state index is 0.0237. The lowest BCUT2D eigenvalue weighted by atomic mass is 10.1. The molecule has 0 aliphatic carbocycles. The quantitative estimate of drug-likeness (QED) is 0.335. The highest BCUT2D eigenvalue weighted by molar-refractivity contribution is 7.92. The minimum atomic E-state index is -4.20. The highest BCUT2D eigenvalue weighted by Gasteiger charge is 2.35. The number of para-hydroxylation sites is 2. The molecule has 3 aromatic carbocycles. The average molecular weight is 582 g/mol. The lowest BCUT2D eigenvalue weighted by Crippen LogP contribution is -2.55. The Hall–Kier alpha value is -4.05. The van der Waals surface area contributed by atoms with E-state index in [1.54, 1.807) is 67.8 Å². The second-order valence-corrected chi connectivity index (χ2v) is 12.4. The molecule has 10 heteroatoms. The van der Waals surface area contributed by atoms with Gasteiger partial charge in [-0.05, 0) is 69.2 Å². The number of anilines is 1. The van der Waals surface area contributed by atoms with Crippen LogP contribution in [-0.2, 0) is 26.2 Å². The van der Waals surface area contributed by atoms with Crippen molar-refractivity contribution in [1.82, 2.24) is 10.2 Å². The van der Waals surface area contributed by atoms with Crippen LogP contribution in [0, 0.1) is 0 Å². The molecular weight excluding hydrogens is 542 g/mol. The van der Waals surface area contributed by atoms with Crippen molar-refractivity contribution in [2.75, 3.05) is 25.1 Å². The molecule has 1 atom stereocenters. The largest absolute Gasteiger partial charge is 0.497 e. The summed E-state index contributed by atoms with van der Waals surface area (Å²) >= 11 is 0. The van der Waals surface area contributed by atoms with Gasteiger partial charge in [0.25, 0.3) is 10.0 Å². The molecule has 41 heavy (non-hydrogen) atoms. The Balaban J connectivity index is 2.11. The second kappa shape index (κ2) is 13.5. The van der Waals surface area contributed by atoms with Crippen LogP contribution >= 0.6 is 0 Å². The number of hydrogen-bond donors (Lipinski definition) is 1. The van der Waals surface area contributed by atoms with E-state index < -0.39 is 34.1 Å². The lowest BCUT2D eigenvalue weighted by molar-refractivity contribution is -0.141. The van der Waals surface area contributed by atoms with E-state index in [1.807, 2.05) is 33.8 Å². The van der Waals surface area contributed by atoms with Gasteiger partial charge < -0.3 is 19.7 Å². The zero-order valence-corrected chi connectivity index (χ0v) is 25.3. The number of nitrogens with one attached hydrogen (secondary N) is 1. The molecule has 0 unspecified atom stereocenters. The maximum atomic E-state index is 14.2. The summed E-state index contributed by atoms with van der Waals surface area (Å²) in [6, 6.07) is 20.9. The summed E-state index contributed by atoms with van der Waals surface area (Å²) in [4.78, 5) is 29.1. The molecule has 0 aliphatic heterocycles. The van der Waals surface area contributed by atoms with E-state index in [2.05, 4.69) is 5.32 Å². The molecule has 9 nitrogen and oxygen atoms in total. The zero-order valence-electron chi connectivity index (χ0n) is 24.5. The van der Waals surface area contributed by atoms with Gasteiger partial charge in [0.1, 0.15) is 24.1 Å². The first-order valence-corrected chi connectivity index (χ1v) is 14.8. The molecule has 0 bridgehead atoms. The number of hydrogen-bond acceptors (Lipinski definition) is 6. The van der Waals surface area contributed by atoms with Crippen LogP contribution in [0.5, 0.6) is 11.5 Å². The number of nitrogens with zero attached hydrogens (tertiary/aromatic N) is 2. The Morgan fingerprint density at radius 3 is 2.17 bits per heavy atom. The topological polar surface area (TPSA) is 105 Å². The van der Waals surface area contributed by atoms with Crippen LogP contribution in [0.2, 0.25) is 0 Å². The molecule has 2 amide bonds. The van der Waals surface area contributed by atoms with Gasteiger partial charge in [0.2, 0.25) is 11.8 Å². The number of methoxy groups -OCH3 is 2. The van der Waals surface area contributed by atoms with Gasteiger partial charge in [-0.2, -0.15) is 0 Å². The summed E-state index contributed by atoms with van der Waals surface area (Å²) in [5, 5.41) is 2.96. The fourth-order valence-corrected chi connectivity index (χ4v) is 5.85. The molecule has 0 heterocycles. The fourth-order valence-electron chi connectivity index (χ4n) is 4.41. The average Bonchev–Trinajstić information content (AvgIpc) is 2.95.